The maximum atomic E-state index is 10.0. The molecule has 3 nitrogen and oxygen atoms in total. The normalized spacial score (nSPS) is 17.7. The van der Waals surface area contributed by atoms with Gasteiger partial charge < -0.3 is 5.11 Å². The smallest absolute Gasteiger partial charge is 0.126 e. The predicted octanol–water partition coefficient (Wildman–Crippen LogP) is 3.33. The first-order chi connectivity index (χ1) is 8.27. The summed E-state index contributed by atoms with van der Waals surface area (Å²) in [5.74, 6) is 0.900. The molecule has 2 aromatic rings. The van der Waals surface area contributed by atoms with Crippen molar-refractivity contribution >= 4 is 10.9 Å². The summed E-state index contributed by atoms with van der Waals surface area (Å²) >= 11 is 0. The summed E-state index contributed by atoms with van der Waals surface area (Å²) in [6, 6.07) is 5.66. The number of hydrogen-bond donors (Lipinski definition) is 1. The number of rotatable bonds is 1. The lowest BCUT2D eigenvalue weighted by Crippen LogP contribution is -2.06. The first kappa shape index (κ1) is 10.6. The lowest BCUT2D eigenvalue weighted by atomic mass is 9.86. The molecular weight excluding hydrogens is 212 g/mol. The third kappa shape index (κ3) is 1.70. The fraction of sp³-hybridized carbons (Fsp3) is 0.500. The molecule has 0 atom stereocenters. The predicted molar refractivity (Wildman–Crippen MR) is 68.2 cm³/mol. The third-order valence-electron chi connectivity index (χ3n) is 3.87. The number of aryl methyl sites for hydroxylation is 1. The van der Waals surface area contributed by atoms with Gasteiger partial charge in [-0.15, -0.1) is 0 Å². The summed E-state index contributed by atoms with van der Waals surface area (Å²) in [4.78, 5) is 0. The Hall–Kier alpha value is -1.51. The van der Waals surface area contributed by atoms with Crippen LogP contribution in [0, 0.1) is 0 Å². The first-order valence-electron chi connectivity index (χ1n) is 6.42. The van der Waals surface area contributed by atoms with Crippen molar-refractivity contribution in [2.24, 2.45) is 7.05 Å². The highest BCUT2D eigenvalue weighted by molar-refractivity contribution is 5.88. The van der Waals surface area contributed by atoms with Crippen LogP contribution < -0.4 is 0 Å². The quantitative estimate of drug-likeness (QED) is 0.816. The van der Waals surface area contributed by atoms with Crippen LogP contribution in [0.3, 0.4) is 0 Å². The highest BCUT2D eigenvalue weighted by Crippen LogP contribution is 2.38. The summed E-state index contributed by atoms with van der Waals surface area (Å²) in [6.07, 6.45) is 6.33. The average molecular weight is 230 g/mol. The van der Waals surface area contributed by atoms with Crippen LogP contribution in [0.25, 0.3) is 10.9 Å². The van der Waals surface area contributed by atoms with Crippen molar-refractivity contribution in [1.82, 2.24) is 9.78 Å². The van der Waals surface area contributed by atoms with Gasteiger partial charge in [0.1, 0.15) is 5.75 Å². The van der Waals surface area contributed by atoms with Crippen LogP contribution in [-0.4, -0.2) is 14.9 Å². The molecule has 1 aromatic carbocycles. The van der Waals surface area contributed by atoms with Crippen LogP contribution in [0.2, 0.25) is 0 Å². The SMILES string of the molecule is Cn1nc(C2CCCCC2)c2c(O)cccc21. The van der Waals surface area contributed by atoms with Gasteiger partial charge in [0.2, 0.25) is 0 Å². The molecular formula is C14H18N2O. The molecule has 0 spiro atoms. The van der Waals surface area contributed by atoms with E-state index in [4.69, 9.17) is 0 Å². The Morgan fingerprint density at radius 1 is 1.24 bits per heavy atom. The van der Waals surface area contributed by atoms with Crippen molar-refractivity contribution in [3.8, 4) is 5.75 Å². The fourth-order valence-corrected chi connectivity index (χ4v) is 2.99. The number of benzene rings is 1. The van der Waals surface area contributed by atoms with Gasteiger partial charge in [0.25, 0.3) is 0 Å². The molecule has 1 saturated carbocycles. The van der Waals surface area contributed by atoms with Crippen molar-refractivity contribution in [3.05, 3.63) is 23.9 Å². The maximum absolute atomic E-state index is 10.0. The zero-order valence-electron chi connectivity index (χ0n) is 10.2. The van der Waals surface area contributed by atoms with Gasteiger partial charge in [0, 0.05) is 13.0 Å². The molecule has 90 valence electrons. The molecule has 0 radical (unpaired) electrons. The van der Waals surface area contributed by atoms with Gasteiger partial charge in [-0.1, -0.05) is 25.3 Å². The summed E-state index contributed by atoms with van der Waals surface area (Å²) < 4.78 is 1.89. The lowest BCUT2D eigenvalue weighted by molar-refractivity contribution is 0.433. The average Bonchev–Trinajstić information content (AvgIpc) is 2.70. The van der Waals surface area contributed by atoms with Gasteiger partial charge in [-0.2, -0.15) is 5.10 Å². The van der Waals surface area contributed by atoms with E-state index in [2.05, 4.69) is 5.10 Å². The second kappa shape index (κ2) is 4.06. The van der Waals surface area contributed by atoms with E-state index in [1.807, 2.05) is 23.9 Å². The van der Waals surface area contributed by atoms with E-state index in [1.165, 1.54) is 32.1 Å². The van der Waals surface area contributed by atoms with E-state index in [0.717, 1.165) is 16.6 Å². The molecule has 0 saturated heterocycles. The standard InChI is InChI=1S/C14H18N2O/c1-16-11-8-5-9-12(17)13(11)14(15-16)10-6-3-2-4-7-10/h5,8-10,17H,2-4,6-7H2,1H3. The molecule has 0 bridgehead atoms. The molecule has 1 aromatic heterocycles. The minimum atomic E-state index is 0.371. The number of nitrogens with zero attached hydrogens (tertiary/aromatic N) is 2. The number of phenolic OH excluding ortho intramolecular Hbond substituents is 1. The van der Waals surface area contributed by atoms with Crippen LogP contribution in [0.15, 0.2) is 18.2 Å². The Morgan fingerprint density at radius 2 is 2.00 bits per heavy atom. The zero-order chi connectivity index (χ0) is 11.8. The summed E-state index contributed by atoms with van der Waals surface area (Å²) in [5, 5.41) is 15.6. The maximum Gasteiger partial charge on any atom is 0.126 e. The van der Waals surface area contributed by atoms with Gasteiger partial charge in [0.05, 0.1) is 16.6 Å². The molecule has 0 unspecified atom stereocenters. The zero-order valence-corrected chi connectivity index (χ0v) is 10.2. The lowest BCUT2D eigenvalue weighted by Gasteiger charge is -2.20. The monoisotopic (exact) mass is 230 g/mol. The van der Waals surface area contributed by atoms with Gasteiger partial charge in [0.15, 0.2) is 0 Å². The highest BCUT2D eigenvalue weighted by Gasteiger charge is 2.22. The van der Waals surface area contributed by atoms with Gasteiger partial charge in [-0.25, -0.2) is 0 Å². The van der Waals surface area contributed by atoms with Crippen molar-refractivity contribution < 1.29 is 5.11 Å². The van der Waals surface area contributed by atoms with Crippen molar-refractivity contribution in [2.75, 3.05) is 0 Å². The number of aromatic nitrogens is 2. The number of phenols is 1. The molecule has 1 aliphatic carbocycles. The minimum Gasteiger partial charge on any atom is -0.507 e. The van der Waals surface area contributed by atoms with Gasteiger partial charge >= 0.3 is 0 Å². The topological polar surface area (TPSA) is 38.0 Å². The molecule has 3 heteroatoms. The van der Waals surface area contributed by atoms with Gasteiger partial charge in [-0.3, -0.25) is 4.68 Å². The summed E-state index contributed by atoms with van der Waals surface area (Å²) in [5.41, 5.74) is 2.13. The minimum absolute atomic E-state index is 0.371. The van der Waals surface area contributed by atoms with Crippen LogP contribution in [-0.2, 0) is 7.05 Å². The van der Waals surface area contributed by atoms with E-state index in [0.29, 0.717) is 11.7 Å². The Morgan fingerprint density at radius 3 is 2.76 bits per heavy atom. The number of aromatic hydroxyl groups is 1. The van der Waals surface area contributed by atoms with Crippen molar-refractivity contribution in [3.63, 3.8) is 0 Å². The van der Waals surface area contributed by atoms with E-state index < -0.39 is 0 Å². The first-order valence-corrected chi connectivity index (χ1v) is 6.42. The molecule has 0 aliphatic heterocycles. The largest absolute Gasteiger partial charge is 0.507 e. The van der Waals surface area contributed by atoms with Crippen LogP contribution in [0.4, 0.5) is 0 Å². The van der Waals surface area contributed by atoms with E-state index in [1.54, 1.807) is 6.07 Å². The van der Waals surface area contributed by atoms with E-state index in [9.17, 15) is 5.11 Å². The Bertz CT molecular complexity index is 538. The number of hydrogen-bond acceptors (Lipinski definition) is 2. The van der Waals surface area contributed by atoms with Crippen molar-refractivity contribution in [1.29, 1.82) is 0 Å². The summed E-state index contributed by atoms with van der Waals surface area (Å²) in [7, 11) is 1.95. The van der Waals surface area contributed by atoms with Crippen molar-refractivity contribution in [2.45, 2.75) is 38.0 Å². The molecule has 3 rings (SSSR count). The molecule has 1 fully saturated rings. The fourth-order valence-electron chi connectivity index (χ4n) is 2.99. The second-order valence-corrected chi connectivity index (χ2v) is 5.02. The highest BCUT2D eigenvalue weighted by atomic mass is 16.3. The molecule has 17 heavy (non-hydrogen) atoms. The van der Waals surface area contributed by atoms with E-state index in [-0.39, 0.29) is 0 Å². The molecule has 1 heterocycles. The molecule has 0 amide bonds. The van der Waals surface area contributed by atoms with Gasteiger partial charge in [-0.05, 0) is 25.0 Å². The van der Waals surface area contributed by atoms with Crippen LogP contribution >= 0.6 is 0 Å². The van der Waals surface area contributed by atoms with Crippen LogP contribution in [0.1, 0.15) is 43.7 Å². The Kier molecular flexibility index (Phi) is 2.54. The number of fused-ring (bicyclic) bond motifs is 1. The van der Waals surface area contributed by atoms with Crippen LogP contribution in [0.5, 0.6) is 5.75 Å². The molecule has 1 N–H and O–H groups in total. The Labute approximate surface area is 101 Å². The second-order valence-electron chi connectivity index (χ2n) is 5.02. The summed E-state index contributed by atoms with van der Waals surface area (Å²) in [6.45, 7) is 0. The van der Waals surface area contributed by atoms with E-state index >= 15 is 0 Å². The Balaban J connectivity index is 2.15. The molecule has 1 aliphatic rings. The third-order valence-corrected chi connectivity index (χ3v) is 3.87.